The molecule has 0 amide bonds. The highest BCUT2D eigenvalue weighted by molar-refractivity contribution is 9.10. The molecule has 0 spiro atoms. The number of ether oxygens (including phenoxy) is 1. The van der Waals surface area contributed by atoms with Gasteiger partial charge in [0.25, 0.3) is 0 Å². The van der Waals surface area contributed by atoms with Crippen molar-refractivity contribution in [3.63, 3.8) is 0 Å². The van der Waals surface area contributed by atoms with Crippen molar-refractivity contribution >= 4 is 31.9 Å². The predicted octanol–water partition coefficient (Wildman–Crippen LogP) is 5.55. The zero-order valence-electron chi connectivity index (χ0n) is 10.6. The lowest BCUT2D eigenvalue weighted by atomic mass is 10.1. The van der Waals surface area contributed by atoms with Crippen LogP contribution in [0.3, 0.4) is 0 Å². The third-order valence-electron chi connectivity index (χ3n) is 2.80. The van der Waals surface area contributed by atoms with Crippen LogP contribution in [0.15, 0.2) is 39.3 Å². The highest BCUT2D eigenvalue weighted by Gasteiger charge is 2.05. The molecule has 0 aliphatic rings. The van der Waals surface area contributed by atoms with E-state index in [1.807, 2.05) is 26.0 Å². The van der Waals surface area contributed by atoms with Gasteiger partial charge >= 0.3 is 0 Å². The van der Waals surface area contributed by atoms with E-state index in [-0.39, 0.29) is 5.82 Å². The van der Waals surface area contributed by atoms with Gasteiger partial charge in [0.05, 0.1) is 4.47 Å². The van der Waals surface area contributed by atoms with Gasteiger partial charge in [0.1, 0.15) is 18.2 Å². The highest BCUT2D eigenvalue weighted by Crippen LogP contribution is 2.27. The van der Waals surface area contributed by atoms with Gasteiger partial charge in [-0.3, -0.25) is 0 Å². The van der Waals surface area contributed by atoms with Gasteiger partial charge in [0, 0.05) is 4.47 Å². The van der Waals surface area contributed by atoms with Crippen LogP contribution in [0, 0.1) is 19.7 Å². The Balaban J connectivity index is 2.12. The molecule has 0 atom stereocenters. The van der Waals surface area contributed by atoms with E-state index in [1.54, 1.807) is 12.1 Å². The summed E-state index contributed by atoms with van der Waals surface area (Å²) < 4.78 is 20.4. The smallest absolute Gasteiger partial charge is 0.137 e. The van der Waals surface area contributed by atoms with Crippen LogP contribution in [-0.2, 0) is 6.61 Å². The first-order valence-electron chi connectivity index (χ1n) is 5.81. The Morgan fingerprint density at radius 2 is 1.68 bits per heavy atom. The summed E-state index contributed by atoms with van der Waals surface area (Å²) >= 11 is 6.69. The molecule has 0 saturated heterocycles. The van der Waals surface area contributed by atoms with Crippen molar-refractivity contribution in [3.05, 3.63) is 61.8 Å². The number of halogens is 3. The van der Waals surface area contributed by atoms with E-state index in [0.717, 1.165) is 26.9 Å². The van der Waals surface area contributed by atoms with Crippen LogP contribution in [0.2, 0.25) is 0 Å². The topological polar surface area (TPSA) is 9.23 Å². The van der Waals surface area contributed by atoms with Crippen LogP contribution in [0.4, 0.5) is 4.39 Å². The largest absolute Gasteiger partial charge is 0.489 e. The van der Waals surface area contributed by atoms with E-state index in [4.69, 9.17) is 4.74 Å². The second-order valence-corrected chi connectivity index (χ2v) is 6.06. The Morgan fingerprint density at radius 3 is 2.26 bits per heavy atom. The molecule has 0 unspecified atom stereocenters. The van der Waals surface area contributed by atoms with Crippen molar-refractivity contribution < 1.29 is 9.13 Å². The third-order valence-corrected chi connectivity index (χ3v) is 4.66. The van der Waals surface area contributed by atoms with Gasteiger partial charge in [-0.15, -0.1) is 0 Å². The quantitative estimate of drug-likeness (QED) is 0.671. The van der Waals surface area contributed by atoms with Gasteiger partial charge in [0.15, 0.2) is 0 Å². The zero-order chi connectivity index (χ0) is 14.0. The Labute approximate surface area is 129 Å². The molecule has 0 aromatic heterocycles. The fourth-order valence-corrected chi connectivity index (χ4v) is 2.44. The molecule has 0 N–H and O–H groups in total. The second kappa shape index (κ2) is 6.06. The molecule has 2 rings (SSSR count). The Kier molecular flexibility index (Phi) is 4.63. The molecule has 0 bridgehead atoms. The summed E-state index contributed by atoms with van der Waals surface area (Å²) in [4.78, 5) is 0. The lowest BCUT2D eigenvalue weighted by Crippen LogP contribution is -1.97. The van der Waals surface area contributed by atoms with Crippen molar-refractivity contribution in [2.75, 3.05) is 0 Å². The molecule has 0 saturated carbocycles. The second-order valence-electron chi connectivity index (χ2n) is 4.41. The molecule has 0 radical (unpaired) electrons. The SMILES string of the molecule is Cc1cc(OCc2ccc(F)c(Br)c2)cc(C)c1Br. The molecule has 1 nitrogen and oxygen atoms in total. The van der Waals surface area contributed by atoms with Gasteiger partial charge in [-0.05, 0) is 70.7 Å². The fraction of sp³-hybridized carbons (Fsp3) is 0.200. The molecular formula is C15H13Br2FO. The van der Waals surface area contributed by atoms with Crippen LogP contribution < -0.4 is 4.74 Å². The first-order valence-corrected chi connectivity index (χ1v) is 7.39. The van der Waals surface area contributed by atoms with Gasteiger partial charge in [-0.1, -0.05) is 22.0 Å². The monoisotopic (exact) mass is 386 g/mol. The van der Waals surface area contributed by atoms with Crippen LogP contribution in [0.25, 0.3) is 0 Å². The molecule has 100 valence electrons. The summed E-state index contributed by atoms with van der Waals surface area (Å²) in [7, 11) is 0. The van der Waals surface area contributed by atoms with E-state index in [1.165, 1.54) is 6.07 Å². The summed E-state index contributed by atoms with van der Waals surface area (Å²) in [6.07, 6.45) is 0. The first kappa shape index (κ1) is 14.5. The lowest BCUT2D eigenvalue weighted by molar-refractivity contribution is 0.305. The third kappa shape index (κ3) is 3.57. The molecule has 2 aromatic rings. The Bertz CT molecular complexity index is 588. The Hall–Kier alpha value is -0.870. The average molecular weight is 388 g/mol. The molecular weight excluding hydrogens is 375 g/mol. The van der Waals surface area contributed by atoms with Crippen molar-refractivity contribution in [2.45, 2.75) is 20.5 Å². The Morgan fingerprint density at radius 1 is 1.05 bits per heavy atom. The van der Waals surface area contributed by atoms with Gasteiger partial charge in [0.2, 0.25) is 0 Å². The average Bonchev–Trinajstić information content (AvgIpc) is 2.37. The zero-order valence-corrected chi connectivity index (χ0v) is 13.8. The van der Waals surface area contributed by atoms with Crippen LogP contribution in [-0.4, -0.2) is 0 Å². The van der Waals surface area contributed by atoms with E-state index in [0.29, 0.717) is 11.1 Å². The summed E-state index contributed by atoms with van der Waals surface area (Å²) in [5, 5.41) is 0. The van der Waals surface area contributed by atoms with Crippen LogP contribution in [0.1, 0.15) is 16.7 Å². The number of benzene rings is 2. The normalized spacial score (nSPS) is 10.6. The molecule has 0 heterocycles. The molecule has 2 aromatic carbocycles. The van der Waals surface area contributed by atoms with E-state index >= 15 is 0 Å². The number of rotatable bonds is 3. The maximum Gasteiger partial charge on any atom is 0.137 e. The maximum atomic E-state index is 13.1. The molecule has 0 fully saturated rings. The highest BCUT2D eigenvalue weighted by atomic mass is 79.9. The van der Waals surface area contributed by atoms with Gasteiger partial charge in [-0.25, -0.2) is 4.39 Å². The minimum absolute atomic E-state index is 0.265. The number of hydrogen-bond donors (Lipinski definition) is 0. The van der Waals surface area contributed by atoms with Crippen molar-refractivity contribution in [1.82, 2.24) is 0 Å². The first-order chi connectivity index (χ1) is 8.97. The number of aryl methyl sites for hydroxylation is 2. The summed E-state index contributed by atoms with van der Waals surface area (Å²) in [5.74, 6) is 0.553. The van der Waals surface area contributed by atoms with E-state index < -0.39 is 0 Å². The minimum atomic E-state index is -0.265. The molecule has 19 heavy (non-hydrogen) atoms. The van der Waals surface area contributed by atoms with Crippen molar-refractivity contribution in [1.29, 1.82) is 0 Å². The van der Waals surface area contributed by atoms with E-state index in [9.17, 15) is 4.39 Å². The summed E-state index contributed by atoms with van der Waals surface area (Å²) in [6, 6.07) is 8.85. The van der Waals surface area contributed by atoms with Crippen LogP contribution in [0.5, 0.6) is 5.75 Å². The molecule has 0 aliphatic carbocycles. The standard InChI is InChI=1S/C15H13Br2FO/c1-9-5-12(6-10(2)15(9)17)19-8-11-3-4-14(18)13(16)7-11/h3-7H,8H2,1-2H3. The fourth-order valence-electron chi connectivity index (χ4n) is 1.79. The predicted molar refractivity (Wildman–Crippen MR) is 82.0 cm³/mol. The summed E-state index contributed by atoms with van der Waals surface area (Å²) in [5.41, 5.74) is 3.19. The molecule has 0 aliphatic heterocycles. The maximum absolute atomic E-state index is 13.1. The van der Waals surface area contributed by atoms with Crippen LogP contribution >= 0.6 is 31.9 Å². The number of hydrogen-bond acceptors (Lipinski definition) is 1. The minimum Gasteiger partial charge on any atom is -0.489 e. The van der Waals surface area contributed by atoms with Crippen molar-refractivity contribution in [2.24, 2.45) is 0 Å². The molecule has 4 heteroatoms. The lowest BCUT2D eigenvalue weighted by Gasteiger charge is -2.10. The summed E-state index contributed by atoms with van der Waals surface area (Å²) in [6.45, 7) is 4.47. The van der Waals surface area contributed by atoms with E-state index in [2.05, 4.69) is 31.9 Å². The van der Waals surface area contributed by atoms with Crippen molar-refractivity contribution in [3.8, 4) is 5.75 Å². The van der Waals surface area contributed by atoms with Gasteiger partial charge < -0.3 is 4.74 Å². The van der Waals surface area contributed by atoms with Gasteiger partial charge in [-0.2, -0.15) is 0 Å².